The van der Waals surface area contributed by atoms with Crippen molar-refractivity contribution in [3.8, 4) is 0 Å². The van der Waals surface area contributed by atoms with Crippen molar-refractivity contribution < 1.29 is 0 Å². The van der Waals surface area contributed by atoms with Crippen molar-refractivity contribution in [2.75, 3.05) is 25.0 Å². The fourth-order valence-electron chi connectivity index (χ4n) is 3.02. The number of nitrogens with one attached hydrogen (secondary N) is 1. The number of rotatable bonds is 3. The molecule has 0 aliphatic carbocycles. The Bertz CT molecular complexity index is 352. The van der Waals surface area contributed by atoms with Crippen LogP contribution in [0.1, 0.15) is 25.8 Å². The molecule has 1 aromatic carbocycles. The predicted molar refractivity (Wildman–Crippen MR) is 74.4 cm³/mol. The van der Waals surface area contributed by atoms with Gasteiger partial charge >= 0.3 is 0 Å². The Hall–Kier alpha value is -1.02. The second-order valence-electron chi connectivity index (χ2n) is 5.51. The Morgan fingerprint density at radius 1 is 1.18 bits per heavy atom. The van der Waals surface area contributed by atoms with Crippen LogP contribution < -0.4 is 10.2 Å². The van der Waals surface area contributed by atoms with Crippen molar-refractivity contribution >= 4 is 5.69 Å². The number of hydrogen-bond acceptors (Lipinski definition) is 2. The zero-order valence-corrected chi connectivity index (χ0v) is 11.2. The maximum atomic E-state index is 3.26. The van der Waals surface area contributed by atoms with Crippen molar-refractivity contribution in [2.45, 2.75) is 26.8 Å². The van der Waals surface area contributed by atoms with Gasteiger partial charge in [0.2, 0.25) is 0 Å². The highest BCUT2D eigenvalue weighted by Gasteiger charge is 2.22. The van der Waals surface area contributed by atoms with Gasteiger partial charge in [-0.3, -0.25) is 0 Å². The topological polar surface area (TPSA) is 15.3 Å². The molecule has 0 amide bonds. The first-order valence-electron chi connectivity index (χ1n) is 6.68. The second kappa shape index (κ2) is 5.54. The van der Waals surface area contributed by atoms with Crippen LogP contribution in [0.2, 0.25) is 0 Å². The van der Waals surface area contributed by atoms with Crippen molar-refractivity contribution in [1.82, 2.24) is 5.32 Å². The Kier molecular flexibility index (Phi) is 4.06. The Balaban J connectivity index is 2.20. The minimum absolute atomic E-state index is 0.807. The normalized spacial score (nSPS) is 25.0. The maximum Gasteiger partial charge on any atom is 0.0412 e. The minimum atomic E-state index is 0.807. The summed E-state index contributed by atoms with van der Waals surface area (Å²) < 4.78 is 0. The zero-order chi connectivity index (χ0) is 12.3. The lowest BCUT2D eigenvalue weighted by Gasteiger charge is -2.37. The van der Waals surface area contributed by atoms with Crippen LogP contribution in [0.4, 0.5) is 5.69 Å². The molecular formula is C15H24N2. The van der Waals surface area contributed by atoms with Crippen molar-refractivity contribution in [1.29, 1.82) is 0 Å². The number of anilines is 1. The molecule has 1 aromatic rings. The van der Waals surface area contributed by atoms with E-state index in [0.29, 0.717) is 0 Å². The summed E-state index contributed by atoms with van der Waals surface area (Å²) in [7, 11) is 2.01. The van der Waals surface area contributed by atoms with Crippen LogP contribution in [0.15, 0.2) is 24.3 Å². The first-order chi connectivity index (χ1) is 8.20. The summed E-state index contributed by atoms with van der Waals surface area (Å²) >= 11 is 0. The molecule has 1 aliphatic rings. The van der Waals surface area contributed by atoms with Crippen LogP contribution >= 0.6 is 0 Å². The first-order valence-corrected chi connectivity index (χ1v) is 6.68. The summed E-state index contributed by atoms with van der Waals surface area (Å²) in [5.41, 5.74) is 2.83. The number of para-hydroxylation sites is 1. The molecule has 1 N–H and O–H groups in total. The molecule has 0 radical (unpaired) electrons. The third-order valence-electron chi connectivity index (χ3n) is 3.57. The lowest BCUT2D eigenvalue weighted by Crippen LogP contribution is -2.39. The molecule has 2 heteroatoms. The third kappa shape index (κ3) is 3.01. The van der Waals surface area contributed by atoms with Gasteiger partial charge in [0.15, 0.2) is 0 Å². The standard InChI is InChI=1S/C15H24N2/c1-12-8-13(2)11-17(10-12)15-7-5-4-6-14(15)9-16-3/h4-7,12-13,16H,8-11H2,1-3H3. The van der Waals surface area contributed by atoms with E-state index in [0.717, 1.165) is 18.4 Å². The Morgan fingerprint density at radius 3 is 2.47 bits per heavy atom. The quantitative estimate of drug-likeness (QED) is 0.862. The van der Waals surface area contributed by atoms with Gasteiger partial charge in [0.25, 0.3) is 0 Å². The molecule has 1 heterocycles. The number of benzene rings is 1. The molecule has 0 bridgehead atoms. The van der Waals surface area contributed by atoms with E-state index in [1.165, 1.54) is 30.8 Å². The van der Waals surface area contributed by atoms with E-state index in [1.807, 2.05) is 7.05 Å². The third-order valence-corrected chi connectivity index (χ3v) is 3.57. The largest absolute Gasteiger partial charge is 0.371 e. The monoisotopic (exact) mass is 232 g/mol. The van der Waals surface area contributed by atoms with Gasteiger partial charge in [-0.15, -0.1) is 0 Å². The molecule has 0 spiro atoms. The Labute approximate surface area is 105 Å². The van der Waals surface area contributed by atoms with E-state index in [4.69, 9.17) is 0 Å². The lowest BCUT2D eigenvalue weighted by molar-refractivity contribution is 0.356. The summed E-state index contributed by atoms with van der Waals surface area (Å²) in [5, 5.41) is 3.26. The number of piperidine rings is 1. The molecule has 2 nitrogen and oxygen atoms in total. The van der Waals surface area contributed by atoms with Crippen LogP contribution in [-0.4, -0.2) is 20.1 Å². The molecule has 0 saturated carbocycles. The predicted octanol–water partition coefficient (Wildman–Crippen LogP) is 2.89. The van der Waals surface area contributed by atoms with Crippen molar-refractivity contribution in [3.63, 3.8) is 0 Å². The summed E-state index contributed by atoms with van der Waals surface area (Å²) in [6.07, 6.45) is 1.37. The molecule has 2 atom stereocenters. The molecular weight excluding hydrogens is 208 g/mol. The molecule has 2 rings (SSSR count). The average Bonchev–Trinajstić information content (AvgIpc) is 2.29. The van der Waals surface area contributed by atoms with Crippen LogP contribution in [0.5, 0.6) is 0 Å². The van der Waals surface area contributed by atoms with E-state index in [2.05, 4.69) is 48.3 Å². The summed E-state index contributed by atoms with van der Waals surface area (Å²) in [6.45, 7) is 8.08. The molecule has 1 saturated heterocycles. The Morgan fingerprint density at radius 2 is 1.82 bits per heavy atom. The molecule has 1 aliphatic heterocycles. The van der Waals surface area contributed by atoms with E-state index in [1.54, 1.807) is 0 Å². The zero-order valence-electron chi connectivity index (χ0n) is 11.2. The van der Waals surface area contributed by atoms with Gasteiger partial charge in [-0.1, -0.05) is 32.0 Å². The van der Waals surface area contributed by atoms with Crippen molar-refractivity contribution in [3.05, 3.63) is 29.8 Å². The highest BCUT2D eigenvalue weighted by Crippen LogP contribution is 2.28. The van der Waals surface area contributed by atoms with Gasteiger partial charge < -0.3 is 10.2 Å². The van der Waals surface area contributed by atoms with Crippen LogP contribution in [0.25, 0.3) is 0 Å². The van der Waals surface area contributed by atoms with E-state index in [-0.39, 0.29) is 0 Å². The maximum absolute atomic E-state index is 3.26. The average molecular weight is 232 g/mol. The molecule has 2 unspecified atom stereocenters. The molecule has 0 aromatic heterocycles. The summed E-state index contributed by atoms with van der Waals surface area (Å²) in [6, 6.07) is 8.78. The lowest BCUT2D eigenvalue weighted by atomic mass is 9.91. The van der Waals surface area contributed by atoms with Crippen molar-refractivity contribution in [2.24, 2.45) is 11.8 Å². The smallest absolute Gasteiger partial charge is 0.0412 e. The SMILES string of the molecule is CNCc1ccccc1N1CC(C)CC(C)C1. The highest BCUT2D eigenvalue weighted by atomic mass is 15.1. The fraction of sp³-hybridized carbons (Fsp3) is 0.600. The van der Waals surface area contributed by atoms with E-state index in [9.17, 15) is 0 Å². The summed E-state index contributed by atoms with van der Waals surface area (Å²) in [4.78, 5) is 2.56. The van der Waals surface area contributed by atoms with Gasteiger partial charge in [0, 0.05) is 25.3 Å². The minimum Gasteiger partial charge on any atom is -0.371 e. The molecule has 94 valence electrons. The first kappa shape index (κ1) is 12.4. The number of nitrogens with zero attached hydrogens (tertiary/aromatic N) is 1. The highest BCUT2D eigenvalue weighted by molar-refractivity contribution is 5.54. The molecule has 17 heavy (non-hydrogen) atoms. The van der Waals surface area contributed by atoms with E-state index < -0.39 is 0 Å². The summed E-state index contributed by atoms with van der Waals surface area (Å²) in [5.74, 6) is 1.61. The van der Waals surface area contributed by atoms with Gasteiger partial charge in [-0.05, 0) is 36.9 Å². The fourth-order valence-corrected chi connectivity index (χ4v) is 3.02. The van der Waals surface area contributed by atoms with Crippen LogP contribution in [0.3, 0.4) is 0 Å². The van der Waals surface area contributed by atoms with Crippen LogP contribution in [0, 0.1) is 11.8 Å². The van der Waals surface area contributed by atoms with E-state index >= 15 is 0 Å². The van der Waals surface area contributed by atoms with Gasteiger partial charge in [-0.25, -0.2) is 0 Å². The number of hydrogen-bond donors (Lipinski definition) is 1. The van der Waals surface area contributed by atoms with Gasteiger partial charge in [-0.2, -0.15) is 0 Å². The van der Waals surface area contributed by atoms with Gasteiger partial charge in [0.1, 0.15) is 0 Å². The van der Waals surface area contributed by atoms with Crippen LogP contribution in [-0.2, 0) is 6.54 Å². The van der Waals surface area contributed by atoms with Gasteiger partial charge in [0.05, 0.1) is 0 Å². The molecule has 1 fully saturated rings. The second-order valence-corrected chi connectivity index (χ2v) is 5.51.